The van der Waals surface area contributed by atoms with Crippen LogP contribution >= 0.6 is 0 Å². The highest BCUT2D eigenvalue weighted by atomic mass is 16.5. The predicted octanol–water partition coefficient (Wildman–Crippen LogP) is 6.33. The molecule has 6 rings (SSSR count). The Labute approximate surface area is 213 Å². The zero-order chi connectivity index (χ0) is 25.1. The van der Waals surface area contributed by atoms with Gasteiger partial charge in [-0.05, 0) is 91.5 Å². The molecule has 1 heterocycles. The summed E-state index contributed by atoms with van der Waals surface area (Å²) in [6.45, 7) is 6.18. The number of ketones is 1. The molecule has 6 atom stereocenters. The summed E-state index contributed by atoms with van der Waals surface area (Å²) in [5.41, 5.74) is 4.29. The van der Waals surface area contributed by atoms with E-state index >= 15 is 0 Å². The van der Waals surface area contributed by atoms with Crippen molar-refractivity contribution >= 4 is 17.8 Å². The van der Waals surface area contributed by atoms with Gasteiger partial charge in [-0.15, -0.1) is 0 Å². The van der Waals surface area contributed by atoms with Crippen molar-refractivity contribution in [1.82, 2.24) is 9.78 Å². The van der Waals surface area contributed by atoms with E-state index in [9.17, 15) is 9.59 Å². The van der Waals surface area contributed by atoms with Crippen LogP contribution in [0.1, 0.15) is 71.4 Å². The Morgan fingerprint density at radius 1 is 1.06 bits per heavy atom. The lowest BCUT2D eigenvalue weighted by molar-refractivity contribution is -0.148. The smallest absolute Gasteiger partial charge is 0.302 e. The van der Waals surface area contributed by atoms with Crippen LogP contribution in [0.3, 0.4) is 0 Å². The van der Waals surface area contributed by atoms with Gasteiger partial charge in [0.25, 0.3) is 0 Å². The molecule has 0 radical (unpaired) electrons. The van der Waals surface area contributed by atoms with Gasteiger partial charge in [0.2, 0.25) is 0 Å². The summed E-state index contributed by atoms with van der Waals surface area (Å²) in [4.78, 5) is 25.4. The van der Waals surface area contributed by atoms with E-state index in [0.29, 0.717) is 23.5 Å². The minimum Gasteiger partial charge on any atom is -0.462 e. The Bertz CT molecular complexity index is 1260. The molecule has 4 aliphatic carbocycles. The molecule has 5 heteroatoms. The van der Waals surface area contributed by atoms with Crippen molar-refractivity contribution in [3.63, 3.8) is 0 Å². The molecule has 2 aromatic rings. The standard InChI is InChI=1S/C31H36N2O3/c1-20(34)36-25-11-14-30(2)22(19-25)9-10-26-27(30)12-15-31(3)28(26)18-21(29(31)35)17-24-13-16-32-33(24)23-7-5-4-6-8-23/h4-9,13,16-17,25-28H,10-12,14-15,18-19H2,1-3H3/b21-17+/t25-,26+,27-,28-,30+,31+/m1/s1. The number of aromatic nitrogens is 2. The van der Waals surface area contributed by atoms with Crippen LogP contribution in [0.4, 0.5) is 0 Å². The molecule has 1 aromatic carbocycles. The van der Waals surface area contributed by atoms with Gasteiger partial charge in [0.1, 0.15) is 6.10 Å². The molecule has 3 saturated carbocycles. The Kier molecular flexibility index (Phi) is 5.58. The van der Waals surface area contributed by atoms with Crippen molar-refractivity contribution in [2.75, 3.05) is 0 Å². The third-order valence-electron chi connectivity index (χ3n) is 10.0. The van der Waals surface area contributed by atoms with Crippen molar-refractivity contribution in [3.05, 3.63) is 65.5 Å². The second-order valence-electron chi connectivity index (χ2n) is 11.9. The first-order chi connectivity index (χ1) is 17.3. The van der Waals surface area contributed by atoms with E-state index in [-0.39, 0.29) is 22.9 Å². The van der Waals surface area contributed by atoms with Gasteiger partial charge in [-0.25, -0.2) is 4.68 Å². The van der Waals surface area contributed by atoms with Crippen molar-refractivity contribution in [1.29, 1.82) is 0 Å². The van der Waals surface area contributed by atoms with Gasteiger partial charge in [-0.2, -0.15) is 5.10 Å². The lowest BCUT2D eigenvalue weighted by Crippen LogP contribution is -2.50. The molecular formula is C31H36N2O3. The number of hydrogen-bond donors (Lipinski definition) is 0. The molecule has 0 unspecified atom stereocenters. The zero-order valence-corrected chi connectivity index (χ0v) is 21.6. The van der Waals surface area contributed by atoms with E-state index in [2.05, 4.69) is 31.1 Å². The lowest BCUT2D eigenvalue weighted by atomic mass is 9.48. The van der Waals surface area contributed by atoms with E-state index in [1.54, 1.807) is 0 Å². The lowest BCUT2D eigenvalue weighted by Gasteiger charge is -2.56. The number of nitrogens with zero attached hydrogens (tertiary/aromatic N) is 2. The Balaban J connectivity index is 1.29. The second kappa shape index (κ2) is 8.57. The number of para-hydroxylation sites is 1. The Hall–Kier alpha value is -2.95. The van der Waals surface area contributed by atoms with Crippen molar-refractivity contribution < 1.29 is 14.3 Å². The summed E-state index contributed by atoms with van der Waals surface area (Å²) in [5, 5.41) is 4.53. The van der Waals surface area contributed by atoms with Gasteiger partial charge < -0.3 is 4.74 Å². The monoisotopic (exact) mass is 484 g/mol. The Morgan fingerprint density at radius 2 is 1.83 bits per heavy atom. The fourth-order valence-corrected chi connectivity index (χ4v) is 8.15. The van der Waals surface area contributed by atoms with E-state index in [0.717, 1.165) is 61.9 Å². The molecule has 1 aromatic heterocycles. The molecule has 3 fully saturated rings. The molecule has 0 amide bonds. The average Bonchev–Trinajstić information content (AvgIpc) is 3.42. The number of carbonyl (C=O) groups excluding carboxylic acids is 2. The summed E-state index contributed by atoms with van der Waals surface area (Å²) in [6, 6.07) is 12.1. The van der Waals surface area contributed by atoms with Crippen molar-refractivity contribution in [3.8, 4) is 5.69 Å². The number of benzene rings is 1. The first-order valence-electron chi connectivity index (χ1n) is 13.5. The average molecular weight is 485 g/mol. The summed E-state index contributed by atoms with van der Waals surface area (Å²) in [6.07, 6.45) is 13.2. The minimum atomic E-state index is -0.277. The Morgan fingerprint density at radius 3 is 2.61 bits per heavy atom. The molecule has 5 nitrogen and oxygen atoms in total. The largest absolute Gasteiger partial charge is 0.462 e. The summed E-state index contributed by atoms with van der Waals surface area (Å²) in [7, 11) is 0. The van der Waals surface area contributed by atoms with Crippen LogP contribution < -0.4 is 0 Å². The van der Waals surface area contributed by atoms with Gasteiger partial charge in [-0.3, -0.25) is 9.59 Å². The maximum absolute atomic E-state index is 13.9. The number of fused-ring (bicyclic) bond motifs is 5. The fraction of sp³-hybridized carbons (Fsp3) is 0.516. The van der Waals surface area contributed by atoms with Crippen LogP contribution in [0, 0.1) is 28.6 Å². The molecule has 4 aliphatic rings. The molecule has 0 spiro atoms. The molecule has 36 heavy (non-hydrogen) atoms. The first kappa shape index (κ1) is 23.4. The summed E-state index contributed by atoms with van der Waals surface area (Å²) >= 11 is 0. The van der Waals surface area contributed by atoms with Crippen LogP contribution in [0.25, 0.3) is 11.8 Å². The predicted molar refractivity (Wildman–Crippen MR) is 139 cm³/mol. The number of hydrogen-bond acceptors (Lipinski definition) is 4. The summed E-state index contributed by atoms with van der Waals surface area (Å²) < 4.78 is 7.51. The van der Waals surface area contributed by atoms with Crippen molar-refractivity contribution in [2.24, 2.45) is 28.6 Å². The highest BCUT2D eigenvalue weighted by Crippen LogP contribution is 2.64. The van der Waals surface area contributed by atoms with Gasteiger partial charge in [0, 0.05) is 18.8 Å². The van der Waals surface area contributed by atoms with Gasteiger partial charge in [-0.1, -0.05) is 43.7 Å². The van der Waals surface area contributed by atoms with Crippen LogP contribution in [0.5, 0.6) is 0 Å². The molecule has 0 bridgehead atoms. The highest BCUT2D eigenvalue weighted by molar-refractivity contribution is 6.05. The van der Waals surface area contributed by atoms with Gasteiger partial charge in [0.05, 0.1) is 17.6 Å². The topological polar surface area (TPSA) is 61.2 Å². The van der Waals surface area contributed by atoms with E-state index in [4.69, 9.17) is 4.74 Å². The molecule has 188 valence electrons. The van der Waals surface area contributed by atoms with Gasteiger partial charge in [0.15, 0.2) is 5.78 Å². The first-order valence-corrected chi connectivity index (χ1v) is 13.5. The number of ether oxygens (including phenoxy) is 1. The highest BCUT2D eigenvalue weighted by Gasteiger charge is 2.60. The summed E-state index contributed by atoms with van der Waals surface area (Å²) in [5.74, 6) is 1.66. The molecule has 0 saturated heterocycles. The normalized spacial score (nSPS) is 36.6. The SMILES string of the molecule is CC(=O)O[C@@H]1CC[C@@]2(C)C(=CC[C@H]3[C@H]2CC[C@]2(C)C(=O)/C(=C/c4ccnn4-c4ccccc4)C[C@H]32)C1. The third kappa shape index (κ3) is 3.62. The number of allylic oxidation sites excluding steroid dienone is 2. The van der Waals surface area contributed by atoms with Crippen LogP contribution in [-0.2, 0) is 14.3 Å². The van der Waals surface area contributed by atoms with Crippen LogP contribution in [0.2, 0.25) is 0 Å². The number of esters is 1. The number of Topliss-reactive ketones (excluding diaryl/α,β-unsaturated/α-hetero) is 1. The zero-order valence-electron chi connectivity index (χ0n) is 21.6. The number of rotatable bonds is 3. The van der Waals surface area contributed by atoms with Crippen molar-refractivity contribution in [2.45, 2.75) is 71.8 Å². The number of carbonyl (C=O) groups is 2. The molecule has 0 aliphatic heterocycles. The third-order valence-corrected chi connectivity index (χ3v) is 10.0. The van der Waals surface area contributed by atoms with Crippen LogP contribution in [-0.4, -0.2) is 27.6 Å². The second-order valence-corrected chi connectivity index (χ2v) is 11.9. The van der Waals surface area contributed by atoms with E-state index in [1.807, 2.05) is 47.3 Å². The fourth-order valence-electron chi connectivity index (χ4n) is 8.15. The maximum Gasteiger partial charge on any atom is 0.302 e. The minimum absolute atomic E-state index is 0.0179. The van der Waals surface area contributed by atoms with E-state index < -0.39 is 0 Å². The van der Waals surface area contributed by atoms with Gasteiger partial charge >= 0.3 is 5.97 Å². The van der Waals surface area contributed by atoms with E-state index in [1.165, 1.54) is 12.5 Å². The molecular weight excluding hydrogens is 448 g/mol. The molecule has 0 N–H and O–H groups in total. The maximum atomic E-state index is 13.9. The quantitative estimate of drug-likeness (QED) is 0.290. The van der Waals surface area contributed by atoms with Crippen LogP contribution in [0.15, 0.2) is 59.8 Å².